The van der Waals surface area contributed by atoms with Gasteiger partial charge in [0.05, 0.1) is 16.6 Å². The van der Waals surface area contributed by atoms with E-state index in [0.29, 0.717) is 5.69 Å². The fourth-order valence-corrected chi connectivity index (χ4v) is 2.12. The highest BCUT2D eigenvalue weighted by molar-refractivity contribution is 7.85. The molecule has 0 heterocycles. The topological polar surface area (TPSA) is 79.1 Å². The van der Waals surface area contributed by atoms with Crippen LogP contribution in [-0.2, 0) is 10.1 Å². The van der Waals surface area contributed by atoms with Crippen LogP contribution in [0.25, 0.3) is 0 Å². The van der Waals surface area contributed by atoms with Crippen LogP contribution in [0.2, 0.25) is 0 Å². The maximum absolute atomic E-state index is 10.9. The summed E-state index contributed by atoms with van der Waals surface area (Å²) in [5, 5.41) is 8.22. The first-order valence-corrected chi connectivity index (χ1v) is 7.44. The van der Waals surface area contributed by atoms with Gasteiger partial charge in [0.15, 0.2) is 0 Å². The van der Waals surface area contributed by atoms with Gasteiger partial charge in [0.25, 0.3) is 10.1 Å². The molecular weight excluding hydrogens is 276 g/mol. The monoisotopic (exact) mass is 290 g/mol. The summed E-state index contributed by atoms with van der Waals surface area (Å²) in [6.07, 6.45) is 0. The highest BCUT2D eigenvalue weighted by atomic mass is 32.2. The highest BCUT2D eigenvalue weighted by Gasteiger charge is 2.08. The van der Waals surface area contributed by atoms with E-state index in [4.69, 9.17) is 4.55 Å². The Labute approximate surface area is 117 Å². The quantitative estimate of drug-likeness (QED) is 0.687. The molecule has 0 aliphatic heterocycles. The minimum Gasteiger partial charge on any atom is -0.282 e. The molecule has 5 nitrogen and oxygen atoms in total. The Bertz CT molecular complexity index is 695. The molecule has 0 aromatic heterocycles. The first-order chi connectivity index (χ1) is 9.47. The van der Waals surface area contributed by atoms with E-state index in [2.05, 4.69) is 10.2 Å². The van der Waals surface area contributed by atoms with Crippen molar-refractivity contribution in [3.05, 3.63) is 60.2 Å². The molecule has 0 aliphatic rings. The smallest absolute Gasteiger partial charge is 0.282 e. The minimum absolute atomic E-state index is 0.0857. The molecule has 0 saturated carbocycles. The van der Waals surface area contributed by atoms with E-state index >= 15 is 0 Å². The van der Waals surface area contributed by atoms with Crippen LogP contribution in [0.5, 0.6) is 0 Å². The third kappa shape index (κ3) is 3.72. The zero-order valence-corrected chi connectivity index (χ0v) is 11.7. The molecule has 1 unspecified atom stereocenters. The Morgan fingerprint density at radius 1 is 1.00 bits per heavy atom. The largest absolute Gasteiger partial charge is 0.294 e. The van der Waals surface area contributed by atoms with E-state index in [1.165, 1.54) is 24.3 Å². The van der Waals surface area contributed by atoms with Gasteiger partial charge in [-0.25, -0.2) is 0 Å². The van der Waals surface area contributed by atoms with Gasteiger partial charge in [-0.05, 0) is 36.8 Å². The van der Waals surface area contributed by atoms with Crippen molar-refractivity contribution in [2.45, 2.75) is 17.9 Å². The first-order valence-electron chi connectivity index (χ1n) is 6.00. The maximum atomic E-state index is 10.9. The van der Waals surface area contributed by atoms with Crippen LogP contribution in [-0.4, -0.2) is 13.0 Å². The Hall–Kier alpha value is -2.05. The minimum atomic E-state index is -4.17. The molecule has 2 aromatic rings. The van der Waals surface area contributed by atoms with Gasteiger partial charge in [0.1, 0.15) is 0 Å². The Balaban J connectivity index is 2.12. The molecule has 1 atom stereocenters. The summed E-state index contributed by atoms with van der Waals surface area (Å²) in [6, 6.07) is 15.2. The molecule has 20 heavy (non-hydrogen) atoms. The molecule has 104 valence electrons. The van der Waals surface area contributed by atoms with Gasteiger partial charge < -0.3 is 0 Å². The zero-order chi connectivity index (χ0) is 14.6. The fraction of sp³-hybridized carbons (Fsp3) is 0.143. The van der Waals surface area contributed by atoms with Gasteiger partial charge in [-0.2, -0.15) is 18.6 Å². The van der Waals surface area contributed by atoms with Crippen molar-refractivity contribution in [2.75, 3.05) is 0 Å². The van der Waals surface area contributed by atoms with Crippen LogP contribution < -0.4 is 0 Å². The second-order valence-corrected chi connectivity index (χ2v) is 5.69. The Kier molecular flexibility index (Phi) is 4.26. The zero-order valence-electron chi connectivity index (χ0n) is 10.8. The summed E-state index contributed by atoms with van der Waals surface area (Å²) >= 11 is 0. The molecule has 0 aliphatic carbocycles. The summed E-state index contributed by atoms with van der Waals surface area (Å²) in [7, 11) is -4.17. The first kappa shape index (κ1) is 14.4. The van der Waals surface area contributed by atoms with Crippen LogP contribution in [0.3, 0.4) is 0 Å². The van der Waals surface area contributed by atoms with Crippen molar-refractivity contribution >= 4 is 15.8 Å². The molecule has 0 fully saturated rings. The summed E-state index contributed by atoms with van der Waals surface area (Å²) in [4.78, 5) is -0.160. The van der Waals surface area contributed by atoms with E-state index in [1.54, 1.807) is 0 Å². The summed E-state index contributed by atoms with van der Waals surface area (Å²) in [6.45, 7) is 1.92. The van der Waals surface area contributed by atoms with Crippen molar-refractivity contribution in [1.29, 1.82) is 0 Å². The van der Waals surface area contributed by atoms with Gasteiger partial charge in [0.2, 0.25) is 0 Å². The normalized spacial score (nSPS) is 13.5. The molecule has 0 radical (unpaired) electrons. The summed E-state index contributed by atoms with van der Waals surface area (Å²) in [5.41, 5.74) is 1.57. The van der Waals surface area contributed by atoms with Crippen molar-refractivity contribution < 1.29 is 13.0 Å². The van der Waals surface area contributed by atoms with Crippen molar-refractivity contribution in [3.8, 4) is 0 Å². The average Bonchev–Trinajstić information content (AvgIpc) is 2.45. The lowest BCUT2D eigenvalue weighted by atomic mass is 10.1. The van der Waals surface area contributed by atoms with Crippen LogP contribution in [0, 0.1) is 0 Å². The van der Waals surface area contributed by atoms with E-state index in [0.717, 1.165) is 5.56 Å². The fourth-order valence-electron chi connectivity index (χ4n) is 1.64. The molecule has 0 spiro atoms. The lowest BCUT2D eigenvalue weighted by Crippen LogP contribution is -1.96. The number of benzene rings is 2. The predicted octanol–water partition coefficient (Wildman–Crippen LogP) is 3.78. The molecule has 2 aromatic carbocycles. The third-order valence-electron chi connectivity index (χ3n) is 2.76. The number of hydrogen-bond donors (Lipinski definition) is 1. The van der Waals surface area contributed by atoms with Gasteiger partial charge in [-0.1, -0.05) is 30.3 Å². The lowest BCUT2D eigenvalue weighted by Gasteiger charge is -2.04. The molecule has 6 heteroatoms. The summed E-state index contributed by atoms with van der Waals surface area (Å²) < 4.78 is 30.7. The standard InChI is InChI=1S/C14H14N2O3S/c1-11(12-5-3-2-4-6-12)15-16-13-7-9-14(10-8-13)20(17,18)19/h2-11H,1H3,(H,17,18,19). The lowest BCUT2D eigenvalue weighted by molar-refractivity contribution is 0.483. The molecular formula is C14H14N2O3S. The van der Waals surface area contributed by atoms with E-state index in [9.17, 15) is 8.42 Å². The number of hydrogen-bond acceptors (Lipinski definition) is 4. The van der Waals surface area contributed by atoms with E-state index < -0.39 is 10.1 Å². The average molecular weight is 290 g/mol. The van der Waals surface area contributed by atoms with Gasteiger partial charge >= 0.3 is 0 Å². The van der Waals surface area contributed by atoms with Crippen LogP contribution in [0.1, 0.15) is 18.5 Å². The van der Waals surface area contributed by atoms with Gasteiger partial charge in [-0.15, -0.1) is 0 Å². The van der Waals surface area contributed by atoms with Crippen LogP contribution in [0.15, 0.2) is 69.7 Å². The second-order valence-electron chi connectivity index (χ2n) is 4.27. The van der Waals surface area contributed by atoms with Crippen molar-refractivity contribution in [2.24, 2.45) is 10.2 Å². The number of nitrogens with zero attached hydrogens (tertiary/aromatic N) is 2. The SMILES string of the molecule is CC(N=Nc1ccc(S(=O)(=O)O)cc1)c1ccccc1. The predicted molar refractivity (Wildman–Crippen MR) is 75.6 cm³/mol. The van der Waals surface area contributed by atoms with Gasteiger partial charge in [0, 0.05) is 0 Å². The molecule has 0 bridgehead atoms. The molecule has 0 saturated heterocycles. The molecule has 0 amide bonds. The molecule has 2 rings (SSSR count). The number of rotatable bonds is 4. The van der Waals surface area contributed by atoms with Crippen molar-refractivity contribution in [3.63, 3.8) is 0 Å². The van der Waals surface area contributed by atoms with Crippen LogP contribution in [0.4, 0.5) is 5.69 Å². The van der Waals surface area contributed by atoms with Crippen molar-refractivity contribution in [1.82, 2.24) is 0 Å². The van der Waals surface area contributed by atoms with Gasteiger partial charge in [-0.3, -0.25) is 4.55 Å². The number of azo groups is 1. The molecule has 1 N–H and O–H groups in total. The third-order valence-corrected chi connectivity index (χ3v) is 3.63. The maximum Gasteiger partial charge on any atom is 0.294 e. The Morgan fingerprint density at radius 2 is 1.60 bits per heavy atom. The second kappa shape index (κ2) is 5.94. The highest BCUT2D eigenvalue weighted by Crippen LogP contribution is 2.21. The summed E-state index contributed by atoms with van der Waals surface area (Å²) in [5.74, 6) is 0. The van der Waals surface area contributed by atoms with E-state index in [1.807, 2.05) is 37.3 Å². The Morgan fingerprint density at radius 3 is 2.15 bits per heavy atom. The van der Waals surface area contributed by atoms with Crippen LogP contribution >= 0.6 is 0 Å². The van der Waals surface area contributed by atoms with E-state index in [-0.39, 0.29) is 10.9 Å².